The van der Waals surface area contributed by atoms with E-state index in [1.807, 2.05) is 4.90 Å². The number of amides is 2. The van der Waals surface area contributed by atoms with Gasteiger partial charge in [-0.3, -0.25) is 9.59 Å². The molecule has 3 heterocycles. The highest BCUT2D eigenvalue weighted by atomic mass is 35.5. The van der Waals surface area contributed by atoms with Crippen molar-refractivity contribution in [2.24, 2.45) is 11.3 Å². The first-order valence-electron chi connectivity index (χ1n) is 9.25. The molecule has 1 spiro atoms. The summed E-state index contributed by atoms with van der Waals surface area (Å²) in [6.45, 7) is 4.13. The summed E-state index contributed by atoms with van der Waals surface area (Å²) in [5.74, 6) is -0.792. The molecule has 0 aromatic heterocycles. The molecule has 3 aliphatic rings. The van der Waals surface area contributed by atoms with Gasteiger partial charge in [-0.15, -0.1) is 12.4 Å². The van der Waals surface area contributed by atoms with Crippen LogP contribution in [0, 0.1) is 11.3 Å². The highest BCUT2D eigenvalue weighted by molar-refractivity contribution is 6.36. The molecular formula is C19H24Cl3N3O2. The van der Waals surface area contributed by atoms with Gasteiger partial charge in [-0.1, -0.05) is 23.2 Å². The molecule has 1 atom stereocenters. The number of piperidine rings is 1. The van der Waals surface area contributed by atoms with Crippen LogP contribution < -0.4 is 10.2 Å². The van der Waals surface area contributed by atoms with Gasteiger partial charge in [0.25, 0.3) is 0 Å². The van der Waals surface area contributed by atoms with Crippen LogP contribution in [0.5, 0.6) is 0 Å². The molecule has 148 valence electrons. The zero-order valence-corrected chi connectivity index (χ0v) is 17.4. The van der Waals surface area contributed by atoms with E-state index in [0.717, 1.165) is 39.0 Å². The van der Waals surface area contributed by atoms with E-state index in [4.69, 9.17) is 23.2 Å². The molecule has 0 saturated carbocycles. The fraction of sp³-hybridized carbons (Fsp3) is 0.579. The van der Waals surface area contributed by atoms with Crippen LogP contribution in [-0.2, 0) is 9.59 Å². The lowest BCUT2D eigenvalue weighted by molar-refractivity contribution is -0.141. The van der Waals surface area contributed by atoms with Gasteiger partial charge in [-0.05, 0) is 55.8 Å². The average molecular weight is 433 g/mol. The van der Waals surface area contributed by atoms with Gasteiger partial charge in [0, 0.05) is 31.2 Å². The van der Waals surface area contributed by atoms with E-state index in [1.165, 1.54) is 6.42 Å². The van der Waals surface area contributed by atoms with Crippen molar-refractivity contribution >= 4 is 53.1 Å². The minimum absolute atomic E-state index is 0. The van der Waals surface area contributed by atoms with Crippen molar-refractivity contribution in [2.45, 2.75) is 25.7 Å². The lowest BCUT2D eigenvalue weighted by atomic mass is 9.77. The summed E-state index contributed by atoms with van der Waals surface area (Å²) in [4.78, 5) is 29.3. The Morgan fingerprint density at radius 3 is 2.56 bits per heavy atom. The van der Waals surface area contributed by atoms with Gasteiger partial charge in [-0.25, -0.2) is 0 Å². The fourth-order valence-electron chi connectivity index (χ4n) is 4.49. The highest BCUT2D eigenvalue weighted by Crippen LogP contribution is 2.38. The minimum atomic E-state index is -0.596. The molecule has 0 radical (unpaired) electrons. The maximum absolute atomic E-state index is 12.9. The van der Waals surface area contributed by atoms with E-state index >= 15 is 0 Å². The van der Waals surface area contributed by atoms with Gasteiger partial charge in [0.05, 0.1) is 10.7 Å². The Bertz CT molecular complexity index is 727. The van der Waals surface area contributed by atoms with Crippen molar-refractivity contribution in [1.82, 2.24) is 10.2 Å². The van der Waals surface area contributed by atoms with Crippen LogP contribution in [0.15, 0.2) is 18.2 Å². The number of nitrogens with one attached hydrogen (secondary N) is 1. The molecule has 4 rings (SSSR count). The van der Waals surface area contributed by atoms with Gasteiger partial charge in [-0.2, -0.15) is 0 Å². The largest absolute Gasteiger partial charge is 0.342 e. The van der Waals surface area contributed by atoms with E-state index < -0.39 is 5.92 Å². The number of hydrogen-bond donors (Lipinski definition) is 1. The molecule has 0 bridgehead atoms. The lowest BCUT2D eigenvalue weighted by Crippen LogP contribution is -2.47. The van der Waals surface area contributed by atoms with Crippen molar-refractivity contribution in [3.63, 3.8) is 0 Å². The summed E-state index contributed by atoms with van der Waals surface area (Å²) in [6, 6.07) is 5.06. The first-order valence-corrected chi connectivity index (χ1v) is 10.0. The van der Waals surface area contributed by atoms with Crippen molar-refractivity contribution in [1.29, 1.82) is 0 Å². The SMILES string of the molecule is Cl.O=C(C1CCN(c2cc(Cl)ccc2Cl)C1=O)N1CCC2(CCNC2)CC1. The minimum Gasteiger partial charge on any atom is -0.342 e. The quantitative estimate of drug-likeness (QED) is 0.729. The Labute approximate surface area is 175 Å². The van der Waals surface area contributed by atoms with Crippen molar-refractivity contribution in [2.75, 3.05) is 37.6 Å². The van der Waals surface area contributed by atoms with Crippen molar-refractivity contribution in [3.8, 4) is 0 Å². The molecule has 5 nitrogen and oxygen atoms in total. The third-order valence-electron chi connectivity index (χ3n) is 6.17. The second-order valence-corrected chi connectivity index (χ2v) is 8.52. The van der Waals surface area contributed by atoms with Crippen molar-refractivity contribution in [3.05, 3.63) is 28.2 Å². The summed E-state index contributed by atoms with van der Waals surface area (Å²) in [5.41, 5.74) is 0.950. The Balaban J connectivity index is 0.00000210. The molecule has 0 aliphatic carbocycles. The second kappa shape index (κ2) is 8.16. The van der Waals surface area contributed by atoms with Crippen LogP contribution in [0.4, 0.5) is 5.69 Å². The normalized spacial score (nSPS) is 24.4. The smallest absolute Gasteiger partial charge is 0.239 e. The summed E-state index contributed by atoms with van der Waals surface area (Å²) in [6.07, 6.45) is 3.77. The second-order valence-electron chi connectivity index (χ2n) is 7.68. The number of rotatable bonds is 2. The van der Waals surface area contributed by atoms with Gasteiger partial charge in [0.1, 0.15) is 5.92 Å². The topological polar surface area (TPSA) is 52.7 Å². The van der Waals surface area contributed by atoms with E-state index in [-0.39, 0.29) is 24.2 Å². The molecule has 3 saturated heterocycles. The molecule has 1 N–H and O–H groups in total. The van der Waals surface area contributed by atoms with Gasteiger partial charge in [0.15, 0.2) is 0 Å². The van der Waals surface area contributed by atoms with Crippen LogP contribution in [0.25, 0.3) is 0 Å². The number of carbonyl (C=O) groups excluding carboxylic acids is 2. The van der Waals surface area contributed by atoms with E-state index in [1.54, 1.807) is 23.1 Å². The number of anilines is 1. The van der Waals surface area contributed by atoms with Crippen LogP contribution >= 0.6 is 35.6 Å². The van der Waals surface area contributed by atoms with E-state index in [2.05, 4.69) is 5.32 Å². The number of likely N-dealkylation sites (tertiary alicyclic amines) is 1. The molecular weight excluding hydrogens is 409 g/mol. The molecule has 1 aromatic carbocycles. The van der Waals surface area contributed by atoms with Gasteiger partial charge < -0.3 is 15.1 Å². The van der Waals surface area contributed by atoms with Gasteiger partial charge >= 0.3 is 0 Å². The standard InChI is InChI=1S/C19H23Cl2N3O2.ClH/c20-13-1-2-15(21)16(11-13)24-8-3-14(18(24)26)17(25)23-9-5-19(6-10-23)4-7-22-12-19;/h1-2,11,14,22H,3-10,12H2;1H. The number of nitrogens with zero attached hydrogens (tertiary/aromatic N) is 2. The summed E-state index contributed by atoms with van der Waals surface area (Å²) < 4.78 is 0. The predicted octanol–water partition coefficient (Wildman–Crippen LogP) is 3.37. The number of carbonyl (C=O) groups is 2. The summed E-state index contributed by atoms with van der Waals surface area (Å²) >= 11 is 12.3. The molecule has 1 unspecified atom stereocenters. The van der Waals surface area contributed by atoms with Gasteiger partial charge in [0.2, 0.25) is 11.8 Å². The van der Waals surface area contributed by atoms with Crippen LogP contribution in [0.3, 0.4) is 0 Å². The van der Waals surface area contributed by atoms with Crippen LogP contribution in [-0.4, -0.2) is 49.4 Å². The number of hydrogen-bond acceptors (Lipinski definition) is 3. The maximum atomic E-state index is 12.9. The lowest BCUT2D eigenvalue weighted by Gasteiger charge is -2.39. The first kappa shape index (κ1) is 20.7. The monoisotopic (exact) mass is 431 g/mol. The average Bonchev–Trinajstić information content (AvgIpc) is 3.24. The molecule has 8 heteroatoms. The highest BCUT2D eigenvalue weighted by Gasteiger charge is 2.43. The molecule has 1 aromatic rings. The van der Waals surface area contributed by atoms with E-state index in [9.17, 15) is 9.59 Å². The third-order valence-corrected chi connectivity index (χ3v) is 6.73. The molecule has 3 fully saturated rings. The number of halogens is 3. The van der Waals surface area contributed by atoms with Crippen LogP contribution in [0.2, 0.25) is 10.0 Å². The maximum Gasteiger partial charge on any atom is 0.239 e. The zero-order valence-electron chi connectivity index (χ0n) is 15.0. The van der Waals surface area contributed by atoms with E-state index in [0.29, 0.717) is 34.1 Å². The molecule has 3 aliphatic heterocycles. The summed E-state index contributed by atoms with van der Waals surface area (Å²) in [5, 5.41) is 4.44. The van der Waals surface area contributed by atoms with Crippen molar-refractivity contribution < 1.29 is 9.59 Å². The van der Waals surface area contributed by atoms with Crippen LogP contribution in [0.1, 0.15) is 25.7 Å². The third kappa shape index (κ3) is 3.93. The number of benzene rings is 1. The Morgan fingerprint density at radius 1 is 1.15 bits per heavy atom. The Morgan fingerprint density at radius 2 is 1.89 bits per heavy atom. The Hall–Kier alpha value is -1.01. The summed E-state index contributed by atoms with van der Waals surface area (Å²) in [7, 11) is 0. The molecule has 27 heavy (non-hydrogen) atoms. The predicted molar refractivity (Wildman–Crippen MR) is 110 cm³/mol. The zero-order chi connectivity index (χ0) is 18.3. The molecule has 2 amide bonds. The Kier molecular flexibility index (Phi) is 6.26. The first-order chi connectivity index (χ1) is 12.5. The fourth-order valence-corrected chi connectivity index (χ4v) is 4.87.